The van der Waals surface area contributed by atoms with Crippen molar-refractivity contribution in [1.29, 1.82) is 0 Å². The predicted octanol–water partition coefficient (Wildman–Crippen LogP) is 2.56. The molecule has 8 nitrogen and oxygen atoms in total. The second kappa shape index (κ2) is 10.1. The molecule has 1 saturated heterocycles. The average molecular weight is 434 g/mol. The molecule has 1 aliphatic heterocycles. The average Bonchev–Trinajstić information content (AvgIpc) is 3.46. The van der Waals surface area contributed by atoms with Crippen LogP contribution in [0.1, 0.15) is 43.5 Å². The van der Waals surface area contributed by atoms with Gasteiger partial charge in [-0.3, -0.25) is 4.79 Å². The number of imidazole rings is 1. The molecule has 0 saturated carbocycles. The van der Waals surface area contributed by atoms with Gasteiger partial charge >= 0.3 is 0 Å². The number of amides is 1. The van der Waals surface area contributed by atoms with Crippen molar-refractivity contribution in [3.05, 3.63) is 42.5 Å². The Kier molecular flexibility index (Phi) is 7.49. The summed E-state index contributed by atoms with van der Waals surface area (Å²) < 4.78 is 29.5. The van der Waals surface area contributed by atoms with Crippen LogP contribution in [-0.4, -0.2) is 54.4 Å². The summed E-state index contributed by atoms with van der Waals surface area (Å²) in [7, 11) is -3.62. The molecule has 1 fully saturated rings. The van der Waals surface area contributed by atoms with E-state index in [2.05, 4.69) is 29.5 Å². The van der Waals surface area contributed by atoms with Crippen LogP contribution in [0.3, 0.4) is 0 Å². The number of carbonyl (C=O) groups excluding carboxylic acids is 1. The zero-order chi connectivity index (χ0) is 21.6. The molecule has 1 atom stereocenters. The number of aromatic nitrogens is 2. The van der Waals surface area contributed by atoms with Crippen molar-refractivity contribution < 1.29 is 13.2 Å². The number of nitrogens with one attached hydrogen (secondary N) is 2. The van der Waals surface area contributed by atoms with E-state index in [1.165, 1.54) is 10.4 Å². The number of hydrogen-bond acceptors (Lipinski definition) is 5. The maximum absolute atomic E-state index is 13.1. The quantitative estimate of drug-likeness (QED) is 0.600. The summed E-state index contributed by atoms with van der Waals surface area (Å²) in [5.74, 6) is 0.150. The minimum Gasteiger partial charge on any atom is -0.385 e. The smallest absolute Gasteiger partial charge is 0.251 e. The number of hydrogen-bond donors (Lipinski definition) is 2. The van der Waals surface area contributed by atoms with E-state index in [9.17, 15) is 13.2 Å². The number of nitrogens with zero attached hydrogens (tertiary/aromatic N) is 3. The Morgan fingerprint density at radius 3 is 2.67 bits per heavy atom. The van der Waals surface area contributed by atoms with Gasteiger partial charge in [0.2, 0.25) is 10.0 Å². The summed E-state index contributed by atoms with van der Waals surface area (Å²) in [4.78, 5) is 16.9. The van der Waals surface area contributed by atoms with E-state index in [1.807, 2.05) is 10.8 Å². The van der Waals surface area contributed by atoms with Crippen LogP contribution >= 0.6 is 0 Å². The summed E-state index contributed by atoms with van der Waals surface area (Å²) in [5.41, 5.74) is 0.989. The van der Waals surface area contributed by atoms with E-state index in [1.54, 1.807) is 24.7 Å². The first-order chi connectivity index (χ1) is 14.4. The standard InChI is InChI=1S/C21H31N5O3S/c1-3-17(2)15-24-19-12-18(21(27)23-7-11-25-10-6-22-16-25)13-20(14-19)30(28,29)26-8-4-5-9-26/h6,10,12-14,16-17,24H,3-5,7-9,11,15H2,1-2H3,(H,23,27)/t17-/m1/s1. The molecule has 1 amide bonds. The Morgan fingerprint density at radius 1 is 1.23 bits per heavy atom. The van der Waals surface area contributed by atoms with E-state index in [0.717, 1.165) is 19.3 Å². The lowest BCUT2D eigenvalue weighted by Gasteiger charge is -2.18. The van der Waals surface area contributed by atoms with Crippen molar-refractivity contribution in [2.24, 2.45) is 5.92 Å². The van der Waals surface area contributed by atoms with Gasteiger partial charge in [0.05, 0.1) is 11.2 Å². The Balaban J connectivity index is 1.80. The number of benzene rings is 1. The van der Waals surface area contributed by atoms with Crippen LogP contribution in [0, 0.1) is 5.92 Å². The maximum Gasteiger partial charge on any atom is 0.251 e. The van der Waals surface area contributed by atoms with Gasteiger partial charge in [-0.1, -0.05) is 20.3 Å². The molecule has 2 heterocycles. The van der Waals surface area contributed by atoms with Crippen molar-refractivity contribution in [3.63, 3.8) is 0 Å². The Morgan fingerprint density at radius 2 is 2.00 bits per heavy atom. The van der Waals surface area contributed by atoms with E-state index in [-0.39, 0.29) is 10.8 Å². The molecule has 2 aromatic rings. The number of carbonyl (C=O) groups is 1. The molecular formula is C21H31N5O3S. The highest BCUT2D eigenvalue weighted by Crippen LogP contribution is 2.25. The summed E-state index contributed by atoms with van der Waals surface area (Å²) in [6.07, 6.45) is 7.95. The van der Waals surface area contributed by atoms with Gasteiger partial charge in [-0.25, -0.2) is 13.4 Å². The first kappa shape index (κ1) is 22.3. The van der Waals surface area contributed by atoms with Crippen molar-refractivity contribution in [1.82, 2.24) is 19.2 Å². The normalized spacial score (nSPS) is 15.8. The maximum atomic E-state index is 13.1. The van der Waals surface area contributed by atoms with Gasteiger partial charge in [0.1, 0.15) is 0 Å². The van der Waals surface area contributed by atoms with Gasteiger partial charge in [-0.05, 0) is 37.0 Å². The van der Waals surface area contributed by atoms with Crippen LogP contribution in [0.2, 0.25) is 0 Å². The third-order valence-electron chi connectivity index (χ3n) is 5.44. The van der Waals surface area contributed by atoms with Crippen LogP contribution in [0.25, 0.3) is 0 Å². The largest absolute Gasteiger partial charge is 0.385 e. The van der Waals surface area contributed by atoms with Gasteiger partial charge in [-0.2, -0.15) is 4.31 Å². The summed E-state index contributed by atoms with van der Waals surface area (Å²) in [6, 6.07) is 4.84. The second-order valence-electron chi connectivity index (χ2n) is 7.81. The lowest BCUT2D eigenvalue weighted by atomic mass is 10.1. The fourth-order valence-electron chi connectivity index (χ4n) is 3.31. The van der Waals surface area contributed by atoms with Crippen LogP contribution < -0.4 is 10.6 Å². The molecule has 164 valence electrons. The Labute approximate surface area is 178 Å². The third kappa shape index (κ3) is 5.60. The number of rotatable bonds is 10. The molecule has 2 N–H and O–H groups in total. The number of anilines is 1. The van der Waals surface area contributed by atoms with Crippen LogP contribution in [-0.2, 0) is 16.6 Å². The lowest BCUT2D eigenvalue weighted by Crippen LogP contribution is -2.29. The van der Waals surface area contributed by atoms with Crippen molar-refractivity contribution in [2.45, 2.75) is 44.6 Å². The zero-order valence-electron chi connectivity index (χ0n) is 17.7. The predicted molar refractivity (Wildman–Crippen MR) is 117 cm³/mol. The highest BCUT2D eigenvalue weighted by atomic mass is 32.2. The Hall–Kier alpha value is -2.39. The molecule has 0 unspecified atom stereocenters. The van der Waals surface area contributed by atoms with E-state index >= 15 is 0 Å². The molecule has 1 aromatic carbocycles. The zero-order valence-corrected chi connectivity index (χ0v) is 18.5. The van der Waals surface area contributed by atoms with Crippen molar-refractivity contribution in [2.75, 3.05) is 31.5 Å². The topological polar surface area (TPSA) is 96.3 Å². The van der Waals surface area contributed by atoms with Gasteiger partial charge in [0.25, 0.3) is 5.91 Å². The molecule has 3 rings (SSSR count). The van der Waals surface area contributed by atoms with Gasteiger partial charge in [0.15, 0.2) is 0 Å². The Bertz CT molecular complexity index is 938. The van der Waals surface area contributed by atoms with E-state index < -0.39 is 10.0 Å². The molecule has 0 radical (unpaired) electrons. The summed E-state index contributed by atoms with van der Waals surface area (Å²) >= 11 is 0. The van der Waals surface area contributed by atoms with Gasteiger partial charge in [0, 0.05) is 56.4 Å². The van der Waals surface area contributed by atoms with Crippen molar-refractivity contribution in [3.8, 4) is 0 Å². The monoisotopic (exact) mass is 433 g/mol. The van der Waals surface area contributed by atoms with E-state index in [4.69, 9.17) is 0 Å². The molecule has 0 spiro atoms. The van der Waals surface area contributed by atoms with E-state index in [0.29, 0.717) is 49.9 Å². The molecule has 9 heteroatoms. The highest BCUT2D eigenvalue weighted by Gasteiger charge is 2.28. The van der Waals surface area contributed by atoms with Crippen molar-refractivity contribution >= 4 is 21.6 Å². The highest BCUT2D eigenvalue weighted by molar-refractivity contribution is 7.89. The van der Waals surface area contributed by atoms with Crippen LogP contribution in [0.15, 0.2) is 41.8 Å². The summed E-state index contributed by atoms with van der Waals surface area (Å²) in [6.45, 7) is 7.02. The lowest BCUT2D eigenvalue weighted by molar-refractivity contribution is 0.0952. The minimum atomic E-state index is -3.62. The fourth-order valence-corrected chi connectivity index (χ4v) is 4.90. The van der Waals surface area contributed by atoms with Gasteiger partial charge in [-0.15, -0.1) is 0 Å². The third-order valence-corrected chi connectivity index (χ3v) is 7.31. The first-order valence-corrected chi connectivity index (χ1v) is 12.0. The summed E-state index contributed by atoms with van der Waals surface area (Å²) in [5, 5.41) is 6.16. The fraction of sp³-hybridized carbons (Fsp3) is 0.524. The van der Waals surface area contributed by atoms with Crippen LogP contribution in [0.4, 0.5) is 5.69 Å². The first-order valence-electron chi connectivity index (χ1n) is 10.5. The molecule has 1 aliphatic rings. The molecule has 0 bridgehead atoms. The molecule has 0 aliphatic carbocycles. The number of sulfonamides is 1. The molecule has 30 heavy (non-hydrogen) atoms. The van der Waals surface area contributed by atoms with Crippen LogP contribution in [0.5, 0.6) is 0 Å². The minimum absolute atomic E-state index is 0.165. The molecular weight excluding hydrogens is 402 g/mol. The molecule has 1 aromatic heterocycles. The van der Waals surface area contributed by atoms with Gasteiger partial charge < -0.3 is 15.2 Å². The second-order valence-corrected chi connectivity index (χ2v) is 9.75. The SMILES string of the molecule is CC[C@@H](C)CNc1cc(C(=O)NCCn2ccnc2)cc(S(=O)(=O)N2CCCC2)c1.